The number of nitrogens with zero attached hydrogens (tertiary/aromatic N) is 1. The summed E-state index contributed by atoms with van der Waals surface area (Å²) in [5.74, 6) is 0. The molecular formula is C74H49NO. The zero-order chi connectivity index (χ0) is 50.2. The van der Waals surface area contributed by atoms with Gasteiger partial charge in [-0.15, -0.1) is 0 Å². The van der Waals surface area contributed by atoms with Crippen LogP contribution in [0, 0.1) is 0 Å². The second-order valence-corrected chi connectivity index (χ2v) is 20.2. The lowest BCUT2D eigenvalue weighted by atomic mass is 9.67. The van der Waals surface area contributed by atoms with Gasteiger partial charge in [-0.1, -0.05) is 249 Å². The molecule has 12 aromatic carbocycles. The average Bonchev–Trinajstić information content (AvgIpc) is 4.16. The molecule has 1 aromatic heterocycles. The minimum Gasteiger partial charge on any atom is -0.456 e. The van der Waals surface area contributed by atoms with Crippen molar-refractivity contribution in [2.24, 2.45) is 0 Å². The van der Waals surface area contributed by atoms with E-state index < -0.39 is 10.8 Å². The summed E-state index contributed by atoms with van der Waals surface area (Å²) in [7, 11) is 0. The molecule has 0 fully saturated rings. The fourth-order valence-electron chi connectivity index (χ4n) is 13.3. The summed E-state index contributed by atoms with van der Waals surface area (Å²) in [6, 6.07) is 110. The van der Waals surface area contributed by atoms with Gasteiger partial charge < -0.3 is 9.32 Å². The van der Waals surface area contributed by atoms with Crippen molar-refractivity contribution in [3.8, 4) is 44.5 Å². The first-order chi connectivity index (χ1) is 37.7. The molecule has 13 aromatic rings. The predicted molar refractivity (Wildman–Crippen MR) is 314 cm³/mol. The first-order valence-corrected chi connectivity index (χ1v) is 26.3. The Bertz CT molecular complexity index is 4290. The summed E-state index contributed by atoms with van der Waals surface area (Å²) in [6.07, 6.45) is 0. The summed E-state index contributed by atoms with van der Waals surface area (Å²) in [5.41, 5.74) is 23.2. The Morgan fingerprint density at radius 1 is 0.276 bits per heavy atom. The normalized spacial score (nSPS) is 14.7. The highest BCUT2D eigenvalue weighted by Gasteiger charge is 2.48. The summed E-state index contributed by atoms with van der Waals surface area (Å²) in [6.45, 7) is 0. The molecular weight excluding hydrogens is 919 g/mol. The highest BCUT2D eigenvalue weighted by atomic mass is 16.3. The third kappa shape index (κ3) is 6.41. The van der Waals surface area contributed by atoms with E-state index in [1.165, 1.54) is 77.9 Å². The van der Waals surface area contributed by atoms with Gasteiger partial charge in [0.1, 0.15) is 11.2 Å². The SMILES string of the molecule is c1ccc(-c2ccc3oc4cccc(N(c5cccc(C6(c7ccccc7)c7ccccc7-c7c(-c8ccccc8)cccc76)c5)c5ccc6c(c5)C(c5ccccc5)(c5ccccc5)c5ccccc5-6)c4c3c2)cc1. The molecule has 15 rings (SSSR count). The number of fused-ring (bicyclic) bond motifs is 9. The van der Waals surface area contributed by atoms with Crippen LogP contribution >= 0.6 is 0 Å². The van der Waals surface area contributed by atoms with Gasteiger partial charge in [0.15, 0.2) is 0 Å². The van der Waals surface area contributed by atoms with Gasteiger partial charge in [-0.3, -0.25) is 0 Å². The van der Waals surface area contributed by atoms with Crippen LogP contribution in [0.15, 0.2) is 302 Å². The van der Waals surface area contributed by atoms with E-state index in [1.54, 1.807) is 0 Å². The predicted octanol–water partition coefficient (Wildman–Crippen LogP) is 19.1. The van der Waals surface area contributed by atoms with Crippen molar-refractivity contribution in [1.29, 1.82) is 0 Å². The molecule has 2 nitrogen and oxygen atoms in total. The summed E-state index contributed by atoms with van der Waals surface area (Å²) in [4.78, 5) is 2.50. The van der Waals surface area contributed by atoms with E-state index in [9.17, 15) is 0 Å². The largest absolute Gasteiger partial charge is 0.456 e. The second-order valence-electron chi connectivity index (χ2n) is 20.2. The number of anilines is 3. The highest BCUT2D eigenvalue weighted by Crippen LogP contribution is 2.60. The molecule has 2 aliphatic carbocycles. The number of rotatable bonds is 9. The van der Waals surface area contributed by atoms with Crippen LogP contribution in [0.25, 0.3) is 66.4 Å². The zero-order valence-electron chi connectivity index (χ0n) is 41.6. The van der Waals surface area contributed by atoms with E-state index >= 15 is 0 Å². The maximum atomic E-state index is 6.85. The molecule has 76 heavy (non-hydrogen) atoms. The molecule has 1 heterocycles. The average molecular weight is 968 g/mol. The van der Waals surface area contributed by atoms with Crippen LogP contribution in [-0.4, -0.2) is 0 Å². The molecule has 2 aliphatic rings. The fourth-order valence-corrected chi connectivity index (χ4v) is 13.3. The minimum absolute atomic E-state index is 0.595. The fraction of sp³-hybridized carbons (Fsp3) is 0.0270. The van der Waals surface area contributed by atoms with Gasteiger partial charge in [0.2, 0.25) is 0 Å². The Morgan fingerprint density at radius 2 is 0.776 bits per heavy atom. The van der Waals surface area contributed by atoms with Gasteiger partial charge in [-0.2, -0.15) is 0 Å². The van der Waals surface area contributed by atoms with Gasteiger partial charge in [0.05, 0.1) is 21.9 Å². The van der Waals surface area contributed by atoms with Crippen molar-refractivity contribution in [2.75, 3.05) is 4.90 Å². The molecule has 1 atom stereocenters. The van der Waals surface area contributed by atoms with Crippen LogP contribution in [-0.2, 0) is 10.8 Å². The van der Waals surface area contributed by atoms with Gasteiger partial charge in [-0.05, 0) is 138 Å². The van der Waals surface area contributed by atoms with E-state index in [4.69, 9.17) is 4.42 Å². The molecule has 0 saturated heterocycles. The van der Waals surface area contributed by atoms with Crippen molar-refractivity contribution in [2.45, 2.75) is 10.8 Å². The van der Waals surface area contributed by atoms with E-state index in [2.05, 4.69) is 302 Å². The van der Waals surface area contributed by atoms with Crippen molar-refractivity contribution >= 4 is 39.0 Å². The Kier molecular flexibility index (Phi) is 10.0. The van der Waals surface area contributed by atoms with Crippen LogP contribution in [0.2, 0.25) is 0 Å². The van der Waals surface area contributed by atoms with Gasteiger partial charge in [0, 0.05) is 16.8 Å². The molecule has 0 aliphatic heterocycles. The molecule has 0 saturated carbocycles. The summed E-state index contributed by atoms with van der Waals surface area (Å²) < 4.78 is 6.85. The maximum absolute atomic E-state index is 6.85. The lowest BCUT2D eigenvalue weighted by Crippen LogP contribution is -2.29. The zero-order valence-corrected chi connectivity index (χ0v) is 41.6. The third-order valence-electron chi connectivity index (χ3n) is 16.4. The summed E-state index contributed by atoms with van der Waals surface area (Å²) in [5, 5.41) is 2.13. The molecule has 356 valence electrons. The Labute approximate surface area is 443 Å². The van der Waals surface area contributed by atoms with Crippen LogP contribution in [0.4, 0.5) is 17.1 Å². The van der Waals surface area contributed by atoms with Gasteiger partial charge >= 0.3 is 0 Å². The van der Waals surface area contributed by atoms with Gasteiger partial charge in [0.25, 0.3) is 0 Å². The molecule has 1 unspecified atom stereocenters. The number of furan rings is 1. The van der Waals surface area contributed by atoms with E-state index in [-0.39, 0.29) is 0 Å². The number of benzene rings is 12. The Hall–Kier alpha value is -9.76. The van der Waals surface area contributed by atoms with E-state index in [1.807, 2.05) is 0 Å². The second kappa shape index (κ2) is 17.4. The van der Waals surface area contributed by atoms with Crippen LogP contribution in [0.5, 0.6) is 0 Å². The lowest BCUT2D eigenvalue weighted by Gasteiger charge is -2.36. The molecule has 0 N–H and O–H groups in total. The molecule has 0 amide bonds. The number of hydrogen-bond donors (Lipinski definition) is 0. The minimum atomic E-state index is -0.659. The van der Waals surface area contributed by atoms with E-state index in [0.717, 1.165) is 50.1 Å². The Morgan fingerprint density at radius 3 is 1.46 bits per heavy atom. The molecule has 2 heteroatoms. The highest BCUT2D eigenvalue weighted by molar-refractivity contribution is 6.14. The smallest absolute Gasteiger partial charge is 0.137 e. The molecule has 0 bridgehead atoms. The first kappa shape index (κ1) is 43.8. The topological polar surface area (TPSA) is 16.4 Å². The van der Waals surface area contributed by atoms with Crippen LogP contribution < -0.4 is 4.90 Å². The molecule has 0 radical (unpaired) electrons. The van der Waals surface area contributed by atoms with Crippen LogP contribution in [0.1, 0.15) is 44.5 Å². The van der Waals surface area contributed by atoms with Crippen molar-refractivity contribution in [3.63, 3.8) is 0 Å². The van der Waals surface area contributed by atoms with Crippen molar-refractivity contribution in [3.05, 3.63) is 342 Å². The Balaban J connectivity index is 1.03. The monoisotopic (exact) mass is 967 g/mol. The van der Waals surface area contributed by atoms with Crippen LogP contribution in [0.3, 0.4) is 0 Å². The molecule has 0 spiro atoms. The van der Waals surface area contributed by atoms with E-state index in [0.29, 0.717) is 0 Å². The van der Waals surface area contributed by atoms with Gasteiger partial charge in [-0.25, -0.2) is 0 Å². The maximum Gasteiger partial charge on any atom is 0.137 e. The standard InChI is InChI=1S/C74H49NO/c1-6-23-50(24-7-1)52-43-46-69-63(47-52)72-68(41-22-42-70(72)76-69)75(58-44-45-61-60-35-16-18-38-64(60)73(67(61)49-58,53-27-10-3-11-28-53)54-29-12-4-13-30-54)57-34-20-33-56(48-57)74(55-31-14-5-15-32-55)65-39-19-17-36-62(65)71-59(37-21-40-66(71)74)51-25-8-2-9-26-51/h1-49H. The third-order valence-corrected chi connectivity index (χ3v) is 16.4. The summed E-state index contributed by atoms with van der Waals surface area (Å²) >= 11 is 0. The van der Waals surface area contributed by atoms with Crippen molar-refractivity contribution < 1.29 is 4.42 Å². The quantitative estimate of drug-likeness (QED) is 0.143. The van der Waals surface area contributed by atoms with Crippen molar-refractivity contribution in [1.82, 2.24) is 0 Å². The lowest BCUT2D eigenvalue weighted by molar-refractivity contribution is 0.669. The first-order valence-electron chi connectivity index (χ1n) is 26.3. The number of hydrogen-bond acceptors (Lipinski definition) is 2.